The molecule has 0 aliphatic heterocycles. The van der Waals surface area contributed by atoms with Gasteiger partial charge in [-0.1, -0.05) is 12.1 Å². The molecule has 0 atom stereocenters. The predicted molar refractivity (Wildman–Crippen MR) is 110 cm³/mol. The summed E-state index contributed by atoms with van der Waals surface area (Å²) in [5, 5.41) is 2.72. The van der Waals surface area contributed by atoms with Crippen LogP contribution >= 0.6 is 15.9 Å². The number of nitrogens with one attached hydrogen (secondary N) is 1. The molecule has 0 saturated carbocycles. The first-order chi connectivity index (χ1) is 13.7. The average Bonchev–Trinajstić information content (AvgIpc) is 2.65. The van der Waals surface area contributed by atoms with Gasteiger partial charge in [0.15, 0.2) is 11.5 Å². The van der Waals surface area contributed by atoms with Crippen LogP contribution in [0.3, 0.4) is 0 Å². The van der Waals surface area contributed by atoms with Crippen LogP contribution in [0.15, 0.2) is 35.1 Å². The van der Waals surface area contributed by atoms with Crippen LogP contribution in [0.1, 0.15) is 16.1 Å². The van der Waals surface area contributed by atoms with Crippen molar-refractivity contribution in [1.29, 1.82) is 0 Å². The summed E-state index contributed by atoms with van der Waals surface area (Å²) in [6.07, 6.45) is 2.39. The predicted octanol–water partition coefficient (Wildman–Crippen LogP) is 1.58. The Morgan fingerprint density at radius 1 is 1.21 bits per heavy atom. The molecule has 0 unspecified atom stereocenters. The second-order valence-corrected chi connectivity index (χ2v) is 8.23. The van der Waals surface area contributed by atoms with Gasteiger partial charge in [-0.3, -0.25) is 8.98 Å². The van der Waals surface area contributed by atoms with Crippen LogP contribution in [0.4, 0.5) is 11.5 Å². The number of aromatic nitrogens is 2. The summed E-state index contributed by atoms with van der Waals surface area (Å²) < 4.78 is 37.2. The van der Waals surface area contributed by atoms with E-state index in [0.717, 1.165) is 11.8 Å². The molecule has 0 spiro atoms. The molecule has 10 nitrogen and oxygen atoms in total. The molecule has 1 amide bonds. The maximum absolute atomic E-state index is 12.3. The summed E-state index contributed by atoms with van der Waals surface area (Å²) in [5.41, 5.74) is 7.13. The number of nitrogens with two attached hydrogens (primary N) is 1. The molecule has 12 heteroatoms. The fourth-order valence-electron chi connectivity index (χ4n) is 2.13. The summed E-state index contributed by atoms with van der Waals surface area (Å²) >= 11 is 3.16. The van der Waals surface area contributed by atoms with E-state index < -0.39 is 16.0 Å². The third-order valence-corrected chi connectivity index (χ3v) is 4.31. The quantitative estimate of drug-likeness (QED) is 0.355. The molecule has 1 aromatic carbocycles. The lowest BCUT2D eigenvalue weighted by molar-refractivity contribution is 0.0311. The first-order valence-corrected chi connectivity index (χ1v) is 11.0. The molecular formula is C17H21BrN4O6S. The second-order valence-electron chi connectivity index (χ2n) is 5.77. The Bertz CT molecular complexity index is 941. The maximum atomic E-state index is 12.3. The number of amides is 1. The zero-order valence-corrected chi connectivity index (χ0v) is 18.0. The summed E-state index contributed by atoms with van der Waals surface area (Å²) in [5.74, 6) is -0.439. The van der Waals surface area contributed by atoms with Crippen LogP contribution in [0.2, 0.25) is 0 Å². The molecule has 1 aromatic heterocycles. The minimum Gasteiger partial charge on any atom is -0.382 e. The number of hydrogen-bond donors (Lipinski definition) is 2. The minimum absolute atomic E-state index is 0.0260. The Balaban J connectivity index is 1.75. The molecule has 3 N–H and O–H groups in total. The van der Waals surface area contributed by atoms with Crippen molar-refractivity contribution in [3.05, 3.63) is 46.3 Å². The van der Waals surface area contributed by atoms with Crippen molar-refractivity contribution in [3.63, 3.8) is 0 Å². The van der Waals surface area contributed by atoms with Gasteiger partial charge in [-0.2, -0.15) is 8.42 Å². The van der Waals surface area contributed by atoms with Crippen LogP contribution in [-0.4, -0.2) is 57.0 Å². The maximum Gasteiger partial charge on any atom is 0.278 e. The number of carbonyl (C=O) groups excluding carboxylic acids is 1. The van der Waals surface area contributed by atoms with E-state index in [1.54, 1.807) is 18.2 Å². The van der Waals surface area contributed by atoms with Crippen LogP contribution < -0.4 is 11.1 Å². The van der Waals surface area contributed by atoms with Crippen LogP contribution in [-0.2, 0) is 30.4 Å². The molecular weight excluding hydrogens is 468 g/mol. The van der Waals surface area contributed by atoms with Crippen molar-refractivity contribution in [3.8, 4) is 0 Å². The standard InChI is InChI=1S/C17H21BrN4O6S/c1-29(24,25)28-8-7-26-5-6-27-11-12-3-2-4-13(9-12)21-17(23)15-16(19)20-10-14(18)22-15/h2-4,9-10H,5-8,11H2,1H3,(H2,19,20)(H,21,23). The summed E-state index contributed by atoms with van der Waals surface area (Å²) in [4.78, 5) is 20.3. The van der Waals surface area contributed by atoms with Crippen LogP contribution in [0.25, 0.3) is 0 Å². The number of benzene rings is 1. The Kier molecular flexibility index (Phi) is 8.92. The smallest absolute Gasteiger partial charge is 0.278 e. The fourth-order valence-corrected chi connectivity index (χ4v) is 2.78. The van der Waals surface area contributed by atoms with Gasteiger partial charge in [0.1, 0.15) is 4.60 Å². The normalized spacial score (nSPS) is 11.4. The van der Waals surface area contributed by atoms with E-state index in [2.05, 4.69) is 35.4 Å². The molecule has 158 valence electrons. The number of nitrogen functional groups attached to an aromatic ring is 1. The lowest BCUT2D eigenvalue weighted by Crippen LogP contribution is -2.17. The first kappa shape index (κ1) is 23.2. The molecule has 0 aliphatic carbocycles. The number of nitrogens with zero attached hydrogens (tertiary/aromatic N) is 2. The third-order valence-electron chi connectivity index (χ3n) is 3.34. The molecule has 0 bridgehead atoms. The molecule has 0 aliphatic rings. The van der Waals surface area contributed by atoms with E-state index in [1.807, 2.05) is 6.07 Å². The largest absolute Gasteiger partial charge is 0.382 e. The lowest BCUT2D eigenvalue weighted by atomic mass is 10.2. The van der Waals surface area contributed by atoms with E-state index in [4.69, 9.17) is 15.2 Å². The van der Waals surface area contributed by atoms with Crippen molar-refractivity contribution in [2.75, 3.05) is 43.7 Å². The number of ether oxygens (including phenoxy) is 2. The number of hydrogen-bond acceptors (Lipinski definition) is 9. The van der Waals surface area contributed by atoms with Crippen molar-refractivity contribution in [2.45, 2.75) is 6.61 Å². The monoisotopic (exact) mass is 488 g/mol. The van der Waals surface area contributed by atoms with Gasteiger partial charge in [-0.25, -0.2) is 9.97 Å². The van der Waals surface area contributed by atoms with Crippen molar-refractivity contribution < 1.29 is 26.9 Å². The molecule has 1 heterocycles. The van der Waals surface area contributed by atoms with E-state index in [0.29, 0.717) is 30.1 Å². The van der Waals surface area contributed by atoms with Crippen molar-refractivity contribution in [2.24, 2.45) is 0 Å². The van der Waals surface area contributed by atoms with E-state index in [-0.39, 0.29) is 24.7 Å². The number of rotatable bonds is 11. The third kappa shape index (κ3) is 8.83. The highest BCUT2D eigenvalue weighted by molar-refractivity contribution is 9.10. The fraction of sp³-hybridized carbons (Fsp3) is 0.353. The van der Waals surface area contributed by atoms with E-state index in [9.17, 15) is 13.2 Å². The van der Waals surface area contributed by atoms with E-state index in [1.165, 1.54) is 6.20 Å². The van der Waals surface area contributed by atoms with E-state index >= 15 is 0 Å². The second kappa shape index (κ2) is 11.2. The average molecular weight is 489 g/mol. The Morgan fingerprint density at radius 3 is 2.69 bits per heavy atom. The highest BCUT2D eigenvalue weighted by Crippen LogP contribution is 2.15. The summed E-state index contributed by atoms with van der Waals surface area (Å²) in [6, 6.07) is 7.13. The van der Waals surface area contributed by atoms with Gasteiger partial charge in [0, 0.05) is 5.69 Å². The topological polar surface area (TPSA) is 143 Å². The summed E-state index contributed by atoms with van der Waals surface area (Å²) in [6.45, 7) is 1.04. The Labute approximate surface area is 177 Å². The summed E-state index contributed by atoms with van der Waals surface area (Å²) in [7, 11) is -3.45. The highest BCUT2D eigenvalue weighted by Gasteiger charge is 2.14. The Morgan fingerprint density at radius 2 is 1.93 bits per heavy atom. The minimum atomic E-state index is -3.45. The van der Waals surface area contributed by atoms with Crippen LogP contribution in [0.5, 0.6) is 0 Å². The van der Waals surface area contributed by atoms with Crippen LogP contribution in [0, 0.1) is 0 Å². The molecule has 2 rings (SSSR count). The highest BCUT2D eigenvalue weighted by atomic mass is 79.9. The molecule has 0 fully saturated rings. The van der Waals surface area contributed by atoms with Gasteiger partial charge in [-0.15, -0.1) is 0 Å². The molecule has 0 radical (unpaired) electrons. The number of carbonyl (C=O) groups is 1. The van der Waals surface area contributed by atoms with Crippen molar-refractivity contribution in [1.82, 2.24) is 9.97 Å². The molecule has 0 saturated heterocycles. The van der Waals surface area contributed by atoms with Gasteiger partial charge in [0.25, 0.3) is 16.0 Å². The molecule has 29 heavy (non-hydrogen) atoms. The van der Waals surface area contributed by atoms with Gasteiger partial charge < -0.3 is 20.5 Å². The van der Waals surface area contributed by atoms with Gasteiger partial charge in [0.05, 0.1) is 45.5 Å². The van der Waals surface area contributed by atoms with Gasteiger partial charge >= 0.3 is 0 Å². The Hall–Kier alpha value is -2.12. The SMILES string of the molecule is CS(=O)(=O)OCCOCCOCc1cccc(NC(=O)c2nc(Br)cnc2N)c1. The first-order valence-electron chi connectivity index (χ1n) is 8.43. The lowest BCUT2D eigenvalue weighted by Gasteiger charge is -2.09. The van der Waals surface area contributed by atoms with Gasteiger partial charge in [0.2, 0.25) is 0 Å². The molecule has 2 aromatic rings. The number of halogens is 1. The zero-order chi connectivity index (χ0) is 21.3. The number of anilines is 2. The van der Waals surface area contributed by atoms with Gasteiger partial charge in [-0.05, 0) is 33.6 Å². The van der Waals surface area contributed by atoms with Crippen molar-refractivity contribution >= 4 is 43.5 Å². The zero-order valence-electron chi connectivity index (χ0n) is 15.6.